The van der Waals surface area contributed by atoms with Crippen molar-refractivity contribution in [2.24, 2.45) is 0 Å². The molecule has 1 heterocycles. The highest BCUT2D eigenvalue weighted by atomic mass is 35.5. The Morgan fingerprint density at radius 1 is 1.36 bits per heavy atom. The number of ether oxygens (including phenoxy) is 1. The molecule has 0 saturated carbocycles. The van der Waals surface area contributed by atoms with Gasteiger partial charge in [0.1, 0.15) is 5.75 Å². The highest BCUT2D eigenvalue weighted by Crippen LogP contribution is 2.23. The molecule has 1 atom stereocenters. The van der Waals surface area contributed by atoms with Crippen LogP contribution in [-0.2, 0) is 4.79 Å². The molecule has 5 heteroatoms. The zero-order valence-corrected chi connectivity index (χ0v) is 14.5. The van der Waals surface area contributed by atoms with Crippen LogP contribution in [0.5, 0.6) is 5.75 Å². The van der Waals surface area contributed by atoms with Gasteiger partial charge in [0.2, 0.25) is 5.91 Å². The Morgan fingerprint density at radius 3 is 2.82 bits per heavy atom. The van der Waals surface area contributed by atoms with E-state index in [0.717, 1.165) is 30.8 Å². The van der Waals surface area contributed by atoms with E-state index < -0.39 is 0 Å². The normalized spacial score (nSPS) is 17.0. The van der Waals surface area contributed by atoms with Gasteiger partial charge in [0, 0.05) is 12.6 Å². The smallest absolute Gasteiger partial charge is 0.223 e. The van der Waals surface area contributed by atoms with Crippen molar-refractivity contribution in [3.8, 4) is 5.75 Å². The monoisotopic (exact) mass is 326 g/mol. The van der Waals surface area contributed by atoms with Gasteiger partial charge in [-0.2, -0.15) is 0 Å². The molecule has 2 N–H and O–H groups in total. The summed E-state index contributed by atoms with van der Waals surface area (Å²) in [4.78, 5) is 11.8. The maximum Gasteiger partial charge on any atom is 0.223 e. The van der Waals surface area contributed by atoms with Gasteiger partial charge >= 0.3 is 0 Å². The summed E-state index contributed by atoms with van der Waals surface area (Å²) in [6, 6.07) is 4.61. The lowest BCUT2D eigenvalue weighted by Gasteiger charge is -2.13. The Morgan fingerprint density at radius 2 is 2.14 bits per heavy atom. The number of amides is 1. The van der Waals surface area contributed by atoms with E-state index >= 15 is 0 Å². The summed E-state index contributed by atoms with van der Waals surface area (Å²) in [6.07, 6.45) is 2.76. The van der Waals surface area contributed by atoms with E-state index in [4.69, 9.17) is 4.74 Å². The van der Waals surface area contributed by atoms with Crippen molar-refractivity contribution < 1.29 is 9.53 Å². The van der Waals surface area contributed by atoms with Crippen LogP contribution in [0.25, 0.3) is 0 Å². The average molecular weight is 327 g/mol. The third kappa shape index (κ3) is 5.50. The number of carbonyl (C=O) groups is 1. The maximum atomic E-state index is 11.8. The van der Waals surface area contributed by atoms with Crippen molar-refractivity contribution >= 4 is 18.3 Å². The van der Waals surface area contributed by atoms with Crippen molar-refractivity contribution in [3.63, 3.8) is 0 Å². The Kier molecular flexibility index (Phi) is 7.69. The van der Waals surface area contributed by atoms with Gasteiger partial charge in [-0.15, -0.1) is 12.4 Å². The van der Waals surface area contributed by atoms with E-state index in [9.17, 15) is 4.79 Å². The lowest BCUT2D eigenvalue weighted by molar-refractivity contribution is -0.121. The number of benzene rings is 1. The van der Waals surface area contributed by atoms with Crippen LogP contribution < -0.4 is 15.4 Å². The van der Waals surface area contributed by atoms with E-state index in [-0.39, 0.29) is 18.3 Å². The Bertz CT molecular complexity index is 500. The summed E-state index contributed by atoms with van der Waals surface area (Å²) < 4.78 is 5.76. The fraction of sp³-hybridized carbons (Fsp3) is 0.588. The second kappa shape index (κ2) is 9.01. The third-order valence-corrected chi connectivity index (χ3v) is 4.06. The van der Waals surface area contributed by atoms with Crippen LogP contribution >= 0.6 is 12.4 Å². The number of rotatable bonds is 6. The average Bonchev–Trinajstić information content (AvgIpc) is 2.95. The van der Waals surface area contributed by atoms with Crippen molar-refractivity contribution in [1.82, 2.24) is 10.6 Å². The summed E-state index contributed by atoms with van der Waals surface area (Å²) in [5.74, 6) is 0.948. The molecule has 1 aromatic rings. The van der Waals surface area contributed by atoms with E-state index in [1.54, 1.807) is 0 Å². The summed E-state index contributed by atoms with van der Waals surface area (Å²) >= 11 is 0. The van der Waals surface area contributed by atoms with E-state index in [1.165, 1.54) is 17.5 Å². The van der Waals surface area contributed by atoms with Crippen LogP contribution in [0.4, 0.5) is 0 Å². The Balaban J connectivity index is 0.00000242. The lowest BCUT2D eigenvalue weighted by atomic mass is 10.1. The highest BCUT2D eigenvalue weighted by molar-refractivity contribution is 5.85. The number of aryl methyl sites for hydroxylation is 2. The minimum Gasteiger partial charge on any atom is -0.493 e. The quantitative estimate of drug-likeness (QED) is 0.845. The van der Waals surface area contributed by atoms with Crippen molar-refractivity contribution in [2.75, 3.05) is 19.7 Å². The van der Waals surface area contributed by atoms with Crippen LogP contribution in [0.2, 0.25) is 0 Å². The molecular weight excluding hydrogens is 300 g/mol. The summed E-state index contributed by atoms with van der Waals surface area (Å²) in [6.45, 7) is 8.40. The van der Waals surface area contributed by atoms with E-state index in [1.807, 2.05) is 6.07 Å². The first kappa shape index (κ1) is 18.8. The molecule has 1 aliphatic heterocycles. The molecule has 124 valence electrons. The van der Waals surface area contributed by atoms with Gasteiger partial charge < -0.3 is 15.4 Å². The summed E-state index contributed by atoms with van der Waals surface area (Å²) in [7, 11) is 0. The molecular formula is C17H27ClN2O2. The molecule has 0 radical (unpaired) electrons. The van der Waals surface area contributed by atoms with Gasteiger partial charge in [0.25, 0.3) is 0 Å². The van der Waals surface area contributed by atoms with Gasteiger partial charge in [-0.25, -0.2) is 0 Å². The van der Waals surface area contributed by atoms with Gasteiger partial charge in [0.15, 0.2) is 0 Å². The van der Waals surface area contributed by atoms with Crippen LogP contribution in [0.3, 0.4) is 0 Å². The minimum absolute atomic E-state index is 0. The fourth-order valence-corrected chi connectivity index (χ4v) is 2.66. The predicted octanol–water partition coefficient (Wildman–Crippen LogP) is 2.67. The van der Waals surface area contributed by atoms with Gasteiger partial charge in [0.05, 0.1) is 13.0 Å². The topological polar surface area (TPSA) is 50.4 Å². The molecule has 1 aliphatic rings. The fourth-order valence-electron chi connectivity index (χ4n) is 2.66. The minimum atomic E-state index is 0. The number of nitrogens with one attached hydrogen (secondary N) is 2. The zero-order valence-electron chi connectivity index (χ0n) is 13.7. The Labute approximate surface area is 139 Å². The number of halogens is 1. The molecule has 1 amide bonds. The van der Waals surface area contributed by atoms with Crippen LogP contribution in [0.1, 0.15) is 36.0 Å². The number of hydrogen-bond acceptors (Lipinski definition) is 3. The Hall–Kier alpha value is -1.26. The first-order chi connectivity index (χ1) is 10.1. The number of carbonyl (C=O) groups excluding carboxylic acids is 1. The molecule has 0 aromatic heterocycles. The second-order valence-electron chi connectivity index (χ2n) is 5.90. The van der Waals surface area contributed by atoms with Gasteiger partial charge in [-0.3, -0.25) is 4.79 Å². The molecule has 4 nitrogen and oxygen atoms in total. The van der Waals surface area contributed by atoms with Gasteiger partial charge in [-0.05, 0) is 62.9 Å². The van der Waals surface area contributed by atoms with Crippen LogP contribution in [-0.4, -0.2) is 31.6 Å². The molecule has 22 heavy (non-hydrogen) atoms. The maximum absolute atomic E-state index is 11.8. The SMILES string of the molecule is Cc1cc(C)c(C)c(OCCC(=O)NCC2CCCN2)c1.Cl. The number of hydrogen-bond donors (Lipinski definition) is 2. The standard InChI is InChI=1S/C17H26N2O2.ClH/c1-12-9-13(2)14(3)16(10-12)21-8-6-17(20)19-11-15-5-4-7-18-15;/h9-10,15,18H,4-8,11H2,1-3H3,(H,19,20);1H. The summed E-state index contributed by atoms with van der Waals surface area (Å²) in [5.41, 5.74) is 3.56. The second-order valence-corrected chi connectivity index (χ2v) is 5.90. The van der Waals surface area contributed by atoms with Crippen molar-refractivity contribution in [1.29, 1.82) is 0 Å². The molecule has 0 spiro atoms. The third-order valence-electron chi connectivity index (χ3n) is 4.06. The van der Waals surface area contributed by atoms with Crippen LogP contribution in [0, 0.1) is 20.8 Å². The largest absolute Gasteiger partial charge is 0.493 e. The van der Waals surface area contributed by atoms with Crippen LogP contribution in [0.15, 0.2) is 12.1 Å². The first-order valence-corrected chi connectivity index (χ1v) is 7.77. The first-order valence-electron chi connectivity index (χ1n) is 7.77. The van der Waals surface area contributed by atoms with E-state index in [2.05, 4.69) is 37.5 Å². The molecule has 0 aliphatic carbocycles. The van der Waals surface area contributed by atoms with E-state index in [0.29, 0.717) is 19.1 Å². The molecule has 0 bridgehead atoms. The molecule has 1 fully saturated rings. The molecule has 1 saturated heterocycles. The highest BCUT2D eigenvalue weighted by Gasteiger charge is 2.14. The molecule has 1 aromatic carbocycles. The summed E-state index contributed by atoms with van der Waals surface area (Å²) in [5, 5.41) is 6.33. The van der Waals surface area contributed by atoms with Gasteiger partial charge in [-0.1, -0.05) is 6.07 Å². The molecule has 1 unspecified atom stereocenters. The van der Waals surface area contributed by atoms with Crippen molar-refractivity contribution in [3.05, 3.63) is 28.8 Å². The molecule has 2 rings (SSSR count). The van der Waals surface area contributed by atoms with Crippen molar-refractivity contribution in [2.45, 2.75) is 46.1 Å². The zero-order chi connectivity index (χ0) is 15.2. The lowest BCUT2D eigenvalue weighted by Crippen LogP contribution is -2.37. The predicted molar refractivity (Wildman–Crippen MR) is 92.0 cm³/mol.